The molecule has 0 aliphatic heterocycles. The molecule has 4 heteroatoms. The standard InChI is InChI=1S/C14H22N4/c1-10(2)18-9-14(8-16-18)15-7-13-6-11(3)17(5)12(13)4/h6,8-10,15H,7H2,1-5H3. The quantitative estimate of drug-likeness (QED) is 0.900. The molecule has 98 valence electrons. The zero-order valence-corrected chi connectivity index (χ0v) is 11.9. The van der Waals surface area contributed by atoms with Gasteiger partial charge in [-0.1, -0.05) is 0 Å². The Labute approximate surface area is 109 Å². The van der Waals surface area contributed by atoms with Crippen molar-refractivity contribution in [2.45, 2.75) is 40.3 Å². The van der Waals surface area contributed by atoms with E-state index in [2.05, 4.69) is 62.0 Å². The average Bonchev–Trinajstić information content (AvgIpc) is 2.88. The first-order valence-electron chi connectivity index (χ1n) is 6.39. The van der Waals surface area contributed by atoms with Crippen LogP contribution in [0.3, 0.4) is 0 Å². The number of aryl methyl sites for hydroxylation is 1. The lowest BCUT2D eigenvalue weighted by Crippen LogP contribution is -2.02. The van der Waals surface area contributed by atoms with Gasteiger partial charge in [0.05, 0.1) is 11.9 Å². The second-order valence-corrected chi connectivity index (χ2v) is 5.11. The molecule has 0 atom stereocenters. The number of anilines is 1. The highest BCUT2D eigenvalue weighted by molar-refractivity contribution is 5.40. The molecule has 0 radical (unpaired) electrons. The highest BCUT2D eigenvalue weighted by Crippen LogP contribution is 2.16. The van der Waals surface area contributed by atoms with Gasteiger partial charge in [-0.2, -0.15) is 5.10 Å². The fraction of sp³-hybridized carbons (Fsp3) is 0.500. The van der Waals surface area contributed by atoms with Crippen LogP contribution < -0.4 is 5.32 Å². The van der Waals surface area contributed by atoms with Crippen molar-refractivity contribution in [3.8, 4) is 0 Å². The average molecular weight is 246 g/mol. The first-order chi connectivity index (χ1) is 8.49. The maximum Gasteiger partial charge on any atom is 0.0729 e. The summed E-state index contributed by atoms with van der Waals surface area (Å²) in [6, 6.07) is 2.64. The Balaban J connectivity index is 2.04. The van der Waals surface area contributed by atoms with E-state index in [-0.39, 0.29) is 0 Å². The van der Waals surface area contributed by atoms with E-state index in [0.29, 0.717) is 6.04 Å². The highest BCUT2D eigenvalue weighted by atomic mass is 15.3. The summed E-state index contributed by atoms with van der Waals surface area (Å²) in [5, 5.41) is 7.74. The van der Waals surface area contributed by atoms with Crippen LogP contribution in [0.2, 0.25) is 0 Å². The van der Waals surface area contributed by atoms with Crippen LogP contribution in [0, 0.1) is 13.8 Å². The number of rotatable bonds is 4. The number of nitrogens with one attached hydrogen (secondary N) is 1. The molecule has 2 aromatic heterocycles. The third kappa shape index (κ3) is 2.42. The third-order valence-corrected chi connectivity index (χ3v) is 3.49. The monoisotopic (exact) mass is 246 g/mol. The van der Waals surface area contributed by atoms with Gasteiger partial charge in [0, 0.05) is 37.2 Å². The van der Waals surface area contributed by atoms with Crippen molar-refractivity contribution < 1.29 is 0 Å². The maximum atomic E-state index is 4.32. The Bertz CT molecular complexity index is 534. The molecule has 0 spiro atoms. The Kier molecular flexibility index (Phi) is 3.45. The summed E-state index contributed by atoms with van der Waals surface area (Å²) < 4.78 is 4.18. The molecular formula is C14H22N4. The van der Waals surface area contributed by atoms with Gasteiger partial charge in [0.1, 0.15) is 0 Å². The molecule has 2 rings (SSSR count). The minimum Gasteiger partial charge on any atom is -0.378 e. The Morgan fingerprint density at radius 1 is 1.33 bits per heavy atom. The second-order valence-electron chi connectivity index (χ2n) is 5.11. The van der Waals surface area contributed by atoms with E-state index in [1.54, 1.807) is 0 Å². The molecule has 0 aliphatic rings. The predicted molar refractivity (Wildman–Crippen MR) is 74.8 cm³/mol. The Morgan fingerprint density at radius 3 is 2.56 bits per heavy atom. The normalized spacial score (nSPS) is 11.2. The maximum absolute atomic E-state index is 4.32. The van der Waals surface area contributed by atoms with Gasteiger partial charge in [0.2, 0.25) is 0 Å². The molecule has 2 heterocycles. The Morgan fingerprint density at radius 2 is 2.06 bits per heavy atom. The molecule has 0 aromatic carbocycles. The lowest BCUT2D eigenvalue weighted by atomic mass is 10.2. The molecular weight excluding hydrogens is 224 g/mol. The van der Waals surface area contributed by atoms with Crippen LogP contribution in [-0.2, 0) is 13.6 Å². The summed E-state index contributed by atoms with van der Waals surface area (Å²) >= 11 is 0. The zero-order chi connectivity index (χ0) is 13.3. The molecule has 0 amide bonds. The van der Waals surface area contributed by atoms with E-state index in [9.17, 15) is 0 Å². The van der Waals surface area contributed by atoms with Gasteiger partial charge in [-0.05, 0) is 39.3 Å². The minimum atomic E-state index is 0.404. The van der Waals surface area contributed by atoms with Gasteiger partial charge < -0.3 is 9.88 Å². The summed E-state index contributed by atoms with van der Waals surface area (Å²) in [6.45, 7) is 9.38. The van der Waals surface area contributed by atoms with Crippen LogP contribution in [0.25, 0.3) is 0 Å². The van der Waals surface area contributed by atoms with Gasteiger partial charge >= 0.3 is 0 Å². The van der Waals surface area contributed by atoms with Gasteiger partial charge in [0.25, 0.3) is 0 Å². The topological polar surface area (TPSA) is 34.8 Å². The summed E-state index contributed by atoms with van der Waals surface area (Å²) in [7, 11) is 2.10. The molecule has 0 unspecified atom stereocenters. The van der Waals surface area contributed by atoms with Crippen molar-refractivity contribution in [3.05, 3.63) is 35.4 Å². The molecule has 4 nitrogen and oxygen atoms in total. The molecule has 0 saturated carbocycles. The van der Waals surface area contributed by atoms with E-state index >= 15 is 0 Å². The van der Waals surface area contributed by atoms with Crippen LogP contribution in [-0.4, -0.2) is 14.3 Å². The van der Waals surface area contributed by atoms with Gasteiger partial charge in [-0.3, -0.25) is 4.68 Å². The molecule has 0 aliphatic carbocycles. The van der Waals surface area contributed by atoms with Gasteiger partial charge in [-0.25, -0.2) is 0 Å². The van der Waals surface area contributed by atoms with E-state index < -0.39 is 0 Å². The summed E-state index contributed by atoms with van der Waals surface area (Å²) in [4.78, 5) is 0. The second kappa shape index (κ2) is 4.88. The lowest BCUT2D eigenvalue weighted by Gasteiger charge is -2.05. The first kappa shape index (κ1) is 12.7. The first-order valence-corrected chi connectivity index (χ1v) is 6.39. The molecule has 2 aromatic rings. The number of aromatic nitrogens is 3. The summed E-state index contributed by atoms with van der Waals surface area (Å²) in [6.07, 6.45) is 3.93. The SMILES string of the molecule is Cc1cc(CNc2cnn(C(C)C)c2)c(C)n1C. The molecule has 1 N–H and O–H groups in total. The fourth-order valence-electron chi connectivity index (χ4n) is 2.02. The number of hydrogen-bond donors (Lipinski definition) is 1. The smallest absolute Gasteiger partial charge is 0.0729 e. The van der Waals surface area contributed by atoms with Gasteiger partial charge in [0.15, 0.2) is 0 Å². The van der Waals surface area contributed by atoms with E-state index in [4.69, 9.17) is 0 Å². The molecule has 0 bridgehead atoms. The lowest BCUT2D eigenvalue weighted by molar-refractivity contribution is 0.532. The number of nitrogens with zero attached hydrogens (tertiary/aromatic N) is 3. The van der Waals surface area contributed by atoms with E-state index in [1.165, 1.54) is 17.0 Å². The highest BCUT2D eigenvalue weighted by Gasteiger charge is 2.06. The minimum absolute atomic E-state index is 0.404. The largest absolute Gasteiger partial charge is 0.378 e. The molecule has 0 saturated heterocycles. The summed E-state index contributed by atoms with van der Waals surface area (Å²) in [5.74, 6) is 0. The van der Waals surface area contributed by atoms with Crippen molar-refractivity contribution in [2.24, 2.45) is 7.05 Å². The van der Waals surface area contributed by atoms with Crippen molar-refractivity contribution in [2.75, 3.05) is 5.32 Å². The van der Waals surface area contributed by atoms with Crippen LogP contribution in [0.15, 0.2) is 18.5 Å². The van der Waals surface area contributed by atoms with Crippen molar-refractivity contribution >= 4 is 5.69 Å². The molecule has 0 fully saturated rings. The van der Waals surface area contributed by atoms with E-state index in [0.717, 1.165) is 12.2 Å². The number of hydrogen-bond acceptors (Lipinski definition) is 2. The van der Waals surface area contributed by atoms with Gasteiger partial charge in [-0.15, -0.1) is 0 Å². The third-order valence-electron chi connectivity index (χ3n) is 3.49. The fourth-order valence-corrected chi connectivity index (χ4v) is 2.02. The summed E-state index contributed by atoms with van der Waals surface area (Å²) in [5.41, 5.74) is 5.02. The molecule has 18 heavy (non-hydrogen) atoms. The zero-order valence-electron chi connectivity index (χ0n) is 11.9. The Hall–Kier alpha value is -1.71. The van der Waals surface area contributed by atoms with Crippen molar-refractivity contribution in [3.63, 3.8) is 0 Å². The van der Waals surface area contributed by atoms with Crippen molar-refractivity contribution in [1.82, 2.24) is 14.3 Å². The van der Waals surface area contributed by atoms with Crippen LogP contribution in [0.1, 0.15) is 36.8 Å². The van der Waals surface area contributed by atoms with E-state index in [1.807, 2.05) is 10.9 Å². The van der Waals surface area contributed by atoms with Crippen LogP contribution >= 0.6 is 0 Å². The van der Waals surface area contributed by atoms with Crippen LogP contribution in [0.5, 0.6) is 0 Å². The predicted octanol–water partition coefficient (Wildman–Crippen LogP) is 3.03. The van der Waals surface area contributed by atoms with Crippen molar-refractivity contribution in [1.29, 1.82) is 0 Å². The van der Waals surface area contributed by atoms with Crippen LogP contribution in [0.4, 0.5) is 5.69 Å².